The molecular formula is C22H27FN2O6S. The largest absolute Gasteiger partial charge is 0.497 e. The van der Waals surface area contributed by atoms with Gasteiger partial charge in [-0.3, -0.25) is 4.79 Å². The third-order valence-electron chi connectivity index (χ3n) is 5.32. The van der Waals surface area contributed by atoms with Crippen molar-refractivity contribution in [2.75, 3.05) is 13.7 Å². The second-order valence-corrected chi connectivity index (χ2v) is 9.25. The van der Waals surface area contributed by atoms with Gasteiger partial charge in [-0.2, -0.15) is 0 Å². The molecular weight excluding hydrogens is 439 g/mol. The van der Waals surface area contributed by atoms with E-state index in [2.05, 4.69) is 10.0 Å². The van der Waals surface area contributed by atoms with Crippen molar-refractivity contribution in [3.05, 3.63) is 59.9 Å². The van der Waals surface area contributed by atoms with Crippen LogP contribution in [0.4, 0.5) is 4.39 Å². The molecule has 0 saturated carbocycles. The zero-order chi connectivity index (χ0) is 23.1. The molecule has 0 aliphatic carbocycles. The maximum Gasteiger partial charge on any atom is 0.240 e. The van der Waals surface area contributed by atoms with Gasteiger partial charge >= 0.3 is 0 Å². The number of nitrogens with one attached hydrogen (secondary N) is 2. The number of ether oxygens (including phenoxy) is 2. The van der Waals surface area contributed by atoms with Crippen molar-refractivity contribution in [2.24, 2.45) is 0 Å². The summed E-state index contributed by atoms with van der Waals surface area (Å²) in [4.78, 5) is 12.3. The molecule has 0 spiro atoms. The molecule has 0 unspecified atom stereocenters. The van der Waals surface area contributed by atoms with Crippen molar-refractivity contribution in [3.8, 4) is 5.75 Å². The van der Waals surface area contributed by atoms with Crippen molar-refractivity contribution >= 4 is 15.9 Å². The van der Waals surface area contributed by atoms with Gasteiger partial charge < -0.3 is 19.9 Å². The van der Waals surface area contributed by atoms with Crippen LogP contribution in [0.5, 0.6) is 5.75 Å². The van der Waals surface area contributed by atoms with Crippen molar-refractivity contribution in [2.45, 2.75) is 49.0 Å². The van der Waals surface area contributed by atoms with Gasteiger partial charge in [0.05, 0.1) is 43.3 Å². The molecule has 174 valence electrons. The van der Waals surface area contributed by atoms with E-state index in [0.29, 0.717) is 24.2 Å². The van der Waals surface area contributed by atoms with Gasteiger partial charge in [0.2, 0.25) is 15.9 Å². The molecule has 1 saturated heterocycles. The predicted octanol–water partition coefficient (Wildman–Crippen LogP) is 1.73. The molecule has 32 heavy (non-hydrogen) atoms. The van der Waals surface area contributed by atoms with Gasteiger partial charge in [0.25, 0.3) is 0 Å². The highest BCUT2D eigenvalue weighted by Crippen LogP contribution is 2.24. The van der Waals surface area contributed by atoms with E-state index < -0.39 is 40.7 Å². The van der Waals surface area contributed by atoms with Crippen LogP contribution in [-0.2, 0) is 26.1 Å². The average Bonchev–Trinajstić information content (AvgIpc) is 2.79. The predicted molar refractivity (Wildman–Crippen MR) is 115 cm³/mol. The van der Waals surface area contributed by atoms with Crippen LogP contribution in [0.15, 0.2) is 53.4 Å². The molecule has 1 aliphatic heterocycles. The van der Waals surface area contributed by atoms with Crippen molar-refractivity contribution in [1.82, 2.24) is 10.0 Å². The lowest BCUT2D eigenvalue weighted by molar-refractivity contribution is -0.130. The summed E-state index contributed by atoms with van der Waals surface area (Å²) in [6, 6.07) is 11.5. The highest BCUT2D eigenvalue weighted by molar-refractivity contribution is 7.89. The number of aliphatic hydroxyl groups is 1. The average molecular weight is 467 g/mol. The van der Waals surface area contributed by atoms with Crippen LogP contribution in [0.2, 0.25) is 0 Å². The van der Waals surface area contributed by atoms with E-state index in [0.717, 1.165) is 0 Å². The summed E-state index contributed by atoms with van der Waals surface area (Å²) >= 11 is 0. The van der Waals surface area contributed by atoms with E-state index in [9.17, 15) is 22.7 Å². The van der Waals surface area contributed by atoms with E-state index in [1.54, 1.807) is 30.3 Å². The Morgan fingerprint density at radius 2 is 1.91 bits per heavy atom. The fraction of sp³-hybridized carbons (Fsp3) is 0.409. The second kappa shape index (κ2) is 10.9. The number of methoxy groups -OCH3 is 1. The number of halogens is 1. The standard InChI is InChI=1S/C22H27FN2O6S/c1-30-16-6-9-18(10-7-16)32(28,29)25-20-11-8-17(31-21(20)14-26)12-22(27)24-13-15-4-2-3-5-19(15)23/h2-7,9-10,17,20-21,25-26H,8,11-14H2,1H3,(H,24,27)/t17-,20-,21+/m0/s1. The number of rotatable bonds is 9. The monoisotopic (exact) mass is 466 g/mol. The molecule has 8 nitrogen and oxygen atoms in total. The van der Waals surface area contributed by atoms with Crippen LogP contribution < -0.4 is 14.8 Å². The topological polar surface area (TPSA) is 114 Å². The summed E-state index contributed by atoms with van der Waals surface area (Å²) in [5, 5.41) is 12.4. The number of benzene rings is 2. The number of sulfonamides is 1. The fourth-order valence-corrected chi connectivity index (χ4v) is 4.85. The lowest BCUT2D eigenvalue weighted by Crippen LogP contribution is -2.51. The number of amides is 1. The third kappa shape index (κ3) is 6.26. The van der Waals surface area contributed by atoms with Crippen LogP contribution in [0.25, 0.3) is 0 Å². The third-order valence-corrected chi connectivity index (χ3v) is 6.82. The van der Waals surface area contributed by atoms with Gasteiger partial charge in [-0.25, -0.2) is 17.5 Å². The molecule has 1 amide bonds. The Bertz CT molecular complexity index is 1020. The molecule has 1 fully saturated rings. The summed E-state index contributed by atoms with van der Waals surface area (Å²) in [5.41, 5.74) is 0.381. The molecule has 2 aromatic rings. The Balaban J connectivity index is 1.53. The number of hydrogen-bond acceptors (Lipinski definition) is 6. The second-order valence-electron chi connectivity index (χ2n) is 7.53. The molecule has 3 N–H and O–H groups in total. The van der Waals surface area contributed by atoms with E-state index in [4.69, 9.17) is 9.47 Å². The molecule has 1 aliphatic rings. The molecule has 10 heteroatoms. The fourth-order valence-electron chi connectivity index (χ4n) is 3.55. The first-order valence-electron chi connectivity index (χ1n) is 10.2. The van der Waals surface area contributed by atoms with Crippen molar-refractivity contribution < 1.29 is 32.2 Å². The molecule has 2 aromatic carbocycles. The quantitative estimate of drug-likeness (QED) is 0.519. The van der Waals surface area contributed by atoms with Crippen molar-refractivity contribution in [3.63, 3.8) is 0 Å². The molecule has 0 bridgehead atoms. The molecule has 1 heterocycles. The van der Waals surface area contributed by atoms with Crippen LogP contribution in [0.3, 0.4) is 0 Å². The minimum atomic E-state index is -3.82. The molecule has 3 rings (SSSR count). The summed E-state index contributed by atoms with van der Waals surface area (Å²) < 4.78 is 52.4. The lowest BCUT2D eigenvalue weighted by atomic mass is 9.98. The maximum absolute atomic E-state index is 13.7. The van der Waals surface area contributed by atoms with E-state index in [1.807, 2.05) is 0 Å². The Morgan fingerprint density at radius 3 is 2.56 bits per heavy atom. The first-order valence-corrected chi connectivity index (χ1v) is 11.7. The van der Waals surface area contributed by atoms with Gasteiger partial charge in [0.1, 0.15) is 11.6 Å². The summed E-state index contributed by atoms with van der Waals surface area (Å²) in [6.45, 7) is -0.338. The van der Waals surface area contributed by atoms with Gasteiger partial charge in [-0.05, 0) is 43.2 Å². The van der Waals surface area contributed by atoms with Gasteiger partial charge in [0.15, 0.2) is 0 Å². The summed E-state index contributed by atoms with van der Waals surface area (Å²) in [5.74, 6) is -0.171. The van der Waals surface area contributed by atoms with E-state index in [-0.39, 0.29) is 23.8 Å². The van der Waals surface area contributed by atoms with E-state index >= 15 is 0 Å². The SMILES string of the molecule is COc1ccc(S(=O)(=O)N[C@H]2CC[C@@H](CC(=O)NCc3ccccc3F)O[C@@H]2CO)cc1. The Hall–Kier alpha value is -2.53. The lowest BCUT2D eigenvalue weighted by Gasteiger charge is -2.35. The Morgan fingerprint density at radius 1 is 1.19 bits per heavy atom. The van der Waals surface area contributed by atoms with E-state index in [1.165, 1.54) is 25.3 Å². The minimum absolute atomic E-state index is 0.0307. The summed E-state index contributed by atoms with van der Waals surface area (Å²) in [7, 11) is -2.33. The molecule has 3 atom stereocenters. The normalized spacial score (nSPS) is 21.2. The number of hydrogen-bond donors (Lipinski definition) is 3. The number of carbonyl (C=O) groups is 1. The van der Waals surface area contributed by atoms with Gasteiger partial charge in [0, 0.05) is 12.1 Å². The Labute approximate surface area is 186 Å². The summed E-state index contributed by atoms with van der Waals surface area (Å²) in [6.07, 6.45) is -0.413. The highest BCUT2D eigenvalue weighted by Gasteiger charge is 2.34. The zero-order valence-corrected chi connectivity index (χ0v) is 18.5. The number of carbonyl (C=O) groups excluding carboxylic acids is 1. The Kier molecular flexibility index (Phi) is 8.19. The minimum Gasteiger partial charge on any atom is -0.497 e. The van der Waals surface area contributed by atoms with Gasteiger partial charge in [-0.1, -0.05) is 18.2 Å². The van der Waals surface area contributed by atoms with Crippen LogP contribution in [0, 0.1) is 5.82 Å². The number of aliphatic hydroxyl groups excluding tert-OH is 1. The highest BCUT2D eigenvalue weighted by atomic mass is 32.2. The van der Waals surface area contributed by atoms with Gasteiger partial charge in [-0.15, -0.1) is 0 Å². The first-order chi connectivity index (χ1) is 15.3. The van der Waals surface area contributed by atoms with Crippen LogP contribution >= 0.6 is 0 Å². The maximum atomic E-state index is 13.7. The molecule has 0 aromatic heterocycles. The van der Waals surface area contributed by atoms with Crippen molar-refractivity contribution in [1.29, 1.82) is 0 Å². The smallest absolute Gasteiger partial charge is 0.240 e. The first kappa shape index (κ1) is 24.1. The molecule has 0 radical (unpaired) electrons. The van der Waals surface area contributed by atoms with Crippen LogP contribution in [0.1, 0.15) is 24.8 Å². The zero-order valence-electron chi connectivity index (χ0n) is 17.7. The van der Waals surface area contributed by atoms with Crippen LogP contribution in [-0.4, -0.2) is 51.4 Å².